The molecule has 0 radical (unpaired) electrons. The molecule has 1 aromatic carbocycles. The number of anilines is 1. The minimum atomic E-state index is -0.432. The molecule has 3 rings (SSSR count). The minimum Gasteiger partial charge on any atom is -0.469 e. The average molecular weight is 446 g/mol. The highest BCUT2D eigenvalue weighted by molar-refractivity contribution is 9.10. The number of nitrogens with one attached hydrogen (secondary N) is 2. The van der Waals surface area contributed by atoms with Crippen LogP contribution >= 0.6 is 27.7 Å². The number of carbonyl (C=O) groups excluding carboxylic acids is 2. The van der Waals surface area contributed by atoms with E-state index >= 15 is 0 Å². The Morgan fingerprint density at radius 3 is 2.96 bits per heavy atom. The number of halogens is 1. The maximum atomic E-state index is 12.3. The molecular formula is C19H16BrN3O3S. The molecule has 1 aliphatic rings. The molecule has 2 aromatic rings. The number of carbonyl (C=O) groups is 2. The van der Waals surface area contributed by atoms with Crippen LogP contribution in [0.25, 0.3) is 0 Å². The third kappa shape index (κ3) is 4.62. The van der Waals surface area contributed by atoms with Gasteiger partial charge < -0.3 is 15.1 Å². The van der Waals surface area contributed by atoms with Gasteiger partial charge >= 0.3 is 0 Å². The summed E-state index contributed by atoms with van der Waals surface area (Å²) in [5, 5.41) is 15.5. The van der Waals surface area contributed by atoms with E-state index in [1.54, 1.807) is 18.2 Å². The number of furan rings is 1. The predicted octanol–water partition coefficient (Wildman–Crippen LogP) is 4.06. The highest BCUT2D eigenvalue weighted by atomic mass is 79.9. The van der Waals surface area contributed by atoms with Crippen molar-refractivity contribution in [1.82, 2.24) is 5.32 Å². The molecule has 27 heavy (non-hydrogen) atoms. The highest BCUT2D eigenvalue weighted by Crippen LogP contribution is 2.36. The Hall–Kier alpha value is -2.50. The van der Waals surface area contributed by atoms with Crippen LogP contribution < -0.4 is 10.6 Å². The molecule has 2 heterocycles. The lowest BCUT2D eigenvalue weighted by Gasteiger charge is -2.23. The fraction of sp³-hybridized carbons (Fsp3) is 0.211. The van der Waals surface area contributed by atoms with Gasteiger partial charge in [0.2, 0.25) is 11.8 Å². The van der Waals surface area contributed by atoms with Crippen LogP contribution in [0.5, 0.6) is 0 Å². The van der Waals surface area contributed by atoms with Crippen molar-refractivity contribution in [1.29, 1.82) is 5.26 Å². The Morgan fingerprint density at radius 1 is 1.48 bits per heavy atom. The first-order valence-electron chi connectivity index (χ1n) is 8.14. The average Bonchev–Trinajstić information content (AvgIpc) is 3.17. The van der Waals surface area contributed by atoms with Gasteiger partial charge in [-0.2, -0.15) is 5.26 Å². The monoisotopic (exact) mass is 445 g/mol. The van der Waals surface area contributed by atoms with Gasteiger partial charge in [-0.05, 0) is 42.8 Å². The number of nitrogens with zero attached hydrogens (tertiary/aromatic N) is 1. The summed E-state index contributed by atoms with van der Waals surface area (Å²) in [4.78, 5) is 24.3. The van der Waals surface area contributed by atoms with Crippen molar-refractivity contribution in [2.45, 2.75) is 19.3 Å². The number of allylic oxidation sites excluding steroid dienone is 1. The molecule has 8 heteroatoms. The summed E-state index contributed by atoms with van der Waals surface area (Å²) in [6, 6.07) is 11.1. The number of aryl methyl sites for hydroxylation is 1. The molecule has 2 amide bonds. The summed E-state index contributed by atoms with van der Waals surface area (Å²) in [6.45, 7) is 1.94. The van der Waals surface area contributed by atoms with Gasteiger partial charge in [0.05, 0.1) is 34.6 Å². The first kappa shape index (κ1) is 19.3. The van der Waals surface area contributed by atoms with Crippen molar-refractivity contribution in [3.63, 3.8) is 0 Å². The summed E-state index contributed by atoms with van der Waals surface area (Å²) in [5.41, 5.74) is 2.11. The largest absolute Gasteiger partial charge is 0.469 e. The van der Waals surface area contributed by atoms with E-state index < -0.39 is 5.92 Å². The summed E-state index contributed by atoms with van der Waals surface area (Å²) >= 11 is 4.55. The SMILES string of the molecule is Cc1cc(NC(=O)CSC2=C(C#N)[C@@H](c3ccco3)CC(=O)N2)ccc1Br. The zero-order valence-corrected chi connectivity index (χ0v) is 16.8. The van der Waals surface area contributed by atoms with E-state index in [1.165, 1.54) is 6.26 Å². The van der Waals surface area contributed by atoms with Crippen LogP contribution in [0.1, 0.15) is 23.7 Å². The number of hydrogen-bond acceptors (Lipinski definition) is 5. The fourth-order valence-corrected chi connectivity index (χ4v) is 3.85. The van der Waals surface area contributed by atoms with E-state index in [4.69, 9.17) is 4.42 Å². The van der Waals surface area contributed by atoms with Crippen molar-refractivity contribution < 1.29 is 14.0 Å². The van der Waals surface area contributed by atoms with E-state index in [0.717, 1.165) is 21.8 Å². The van der Waals surface area contributed by atoms with Crippen LogP contribution in [0.4, 0.5) is 5.69 Å². The molecule has 1 atom stereocenters. The lowest BCUT2D eigenvalue weighted by molar-refractivity contribution is -0.121. The van der Waals surface area contributed by atoms with E-state index in [0.29, 0.717) is 22.0 Å². The number of nitriles is 1. The quantitative estimate of drug-likeness (QED) is 0.723. The summed E-state index contributed by atoms with van der Waals surface area (Å²) in [6.07, 6.45) is 1.65. The third-order valence-electron chi connectivity index (χ3n) is 4.03. The maximum absolute atomic E-state index is 12.3. The Kier molecular flexibility index (Phi) is 6.04. The van der Waals surface area contributed by atoms with Gasteiger partial charge in [-0.3, -0.25) is 9.59 Å². The lowest BCUT2D eigenvalue weighted by Crippen LogP contribution is -2.31. The second-order valence-electron chi connectivity index (χ2n) is 5.98. The van der Waals surface area contributed by atoms with E-state index in [1.807, 2.05) is 19.1 Å². The molecule has 1 aliphatic heterocycles. The van der Waals surface area contributed by atoms with Crippen molar-refractivity contribution in [3.8, 4) is 6.07 Å². The van der Waals surface area contributed by atoms with E-state index in [-0.39, 0.29) is 24.0 Å². The molecule has 0 saturated heterocycles. The molecule has 0 saturated carbocycles. The summed E-state index contributed by atoms with van der Waals surface area (Å²) in [7, 11) is 0. The molecule has 138 valence electrons. The minimum absolute atomic E-state index is 0.0702. The summed E-state index contributed by atoms with van der Waals surface area (Å²) in [5.74, 6) is -0.226. The molecule has 0 aliphatic carbocycles. The van der Waals surface area contributed by atoms with Gasteiger partial charge in [0.15, 0.2) is 0 Å². The normalized spacial score (nSPS) is 16.6. The van der Waals surface area contributed by atoms with Crippen LogP contribution in [0.15, 0.2) is 56.1 Å². The number of thioether (sulfide) groups is 1. The molecule has 2 N–H and O–H groups in total. The second-order valence-corrected chi connectivity index (χ2v) is 7.82. The Labute approximate surface area is 169 Å². The number of hydrogen-bond donors (Lipinski definition) is 2. The van der Waals surface area contributed by atoms with Crippen LogP contribution in [0.3, 0.4) is 0 Å². The van der Waals surface area contributed by atoms with Crippen molar-refractivity contribution in [2.75, 3.05) is 11.1 Å². The zero-order valence-electron chi connectivity index (χ0n) is 14.4. The molecule has 6 nitrogen and oxygen atoms in total. The first-order chi connectivity index (χ1) is 13.0. The zero-order chi connectivity index (χ0) is 19.4. The van der Waals surface area contributed by atoms with E-state index in [9.17, 15) is 14.9 Å². The van der Waals surface area contributed by atoms with E-state index in [2.05, 4.69) is 32.6 Å². The number of benzene rings is 1. The predicted molar refractivity (Wildman–Crippen MR) is 107 cm³/mol. The first-order valence-corrected chi connectivity index (χ1v) is 9.92. The molecule has 0 spiro atoms. The van der Waals surface area contributed by atoms with Crippen molar-refractivity contribution in [2.24, 2.45) is 0 Å². The molecular weight excluding hydrogens is 430 g/mol. The Bertz CT molecular complexity index is 948. The van der Waals surface area contributed by atoms with Crippen LogP contribution in [0.2, 0.25) is 0 Å². The van der Waals surface area contributed by atoms with Crippen molar-refractivity contribution in [3.05, 3.63) is 63.0 Å². The standard InChI is InChI=1S/C19H16BrN3O3S/c1-11-7-12(4-5-15(11)20)22-18(25)10-27-19-14(9-21)13(8-17(24)23-19)16-3-2-6-26-16/h2-7,13H,8,10H2,1H3,(H,22,25)(H,23,24)/t13-/m0/s1. The van der Waals surface area contributed by atoms with Crippen LogP contribution in [-0.2, 0) is 9.59 Å². The fourth-order valence-electron chi connectivity index (χ4n) is 2.72. The van der Waals surface area contributed by atoms with Gasteiger partial charge in [-0.15, -0.1) is 0 Å². The molecule has 0 bridgehead atoms. The molecule has 0 fully saturated rings. The number of rotatable bonds is 5. The van der Waals surface area contributed by atoms with Gasteiger partial charge in [-0.1, -0.05) is 27.7 Å². The molecule has 1 aromatic heterocycles. The van der Waals surface area contributed by atoms with Crippen LogP contribution in [0, 0.1) is 18.3 Å². The lowest BCUT2D eigenvalue weighted by atomic mass is 9.92. The number of amides is 2. The van der Waals surface area contributed by atoms with Gasteiger partial charge in [0.25, 0.3) is 0 Å². The third-order valence-corrected chi connectivity index (χ3v) is 5.94. The molecule has 0 unspecified atom stereocenters. The highest BCUT2D eigenvalue weighted by Gasteiger charge is 2.31. The topological polar surface area (TPSA) is 95.1 Å². The van der Waals surface area contributed by atoms with Gasteiger partial charge in [-0.25, -0.2) is 0 Å². The van der Waals surface area contributed by atoms with Gasteiger partial charge in [0, 0.05) is 16.6 Å². The Balaban J connectivity index is 1.71. The van der Waals surface area contributed by atoms with Crippen molar-refractivity contribution >= 4 is 45.2 Å². The summed E-state index contributed by atoms with van der Waals surface area (Å²) < 4.78 is 6.33. The maximum Gasteiger partial charge on any atom is 0.234 e. The smallest absolute Gasteiger partial charge is 0.234 e. The van der Waals surface area contributed by atoms with Gasteiger partial charge in [0.1, 0.15) is 5.76 Å². The Morgan fingerprint density at radius 2 is 2.30 bits per heavy atom. The van der Waals surface area contributed by atoms with Crippen LogP contribution in [-0.4, -0.2) is 17.6 Å². The second kappa shape index (κ2) is 8.46.